The van der Waals surface area contributed by atoms with Crippen molar-refractivity contribution in [2.24, 2.45) is 5.73 Å². The second-order valence-corrected chi connectivity index (χ2v) is 7.05. The van der Waals surface area contributed by atoms with E-state index in [1.165, 1.54) is 0 Å². The molecule has 0 bridgehead atoms. The van der Waals surface area contributed by atoms with Gasteiger partial charge in [0.15, 0.2) is 5.78 Å². The number of carbonyl (C=O) groups excluding carboxylic acids is 1. The highest BCUT2D eigenvalue weighted by molar-refractivity contribution is 8.00. The monoisotopic (exact) mass is 303 g/mol. The number of ketones is 1. The molecule has 1 aromatic rings. The fourth-order valence-corrected chi connectivity index (χ4v) is 3.03. The number of hydrogen-bond donors (Lipinski definition) is 1. The van der Waals surface area contributed by atoms with Gasteiger partial charge in [0, 0.05) is 23.8 Å². The summed E-state index contributed by atoms with van der Waals surface area (Å²) < 4.78 is -0.609. The van der Waals surface area contributed by atoms with Gasteiger partial charge < -0.3 is 5.73 Å². The number of alkyl halides is 2. The molecule has 2 nitrogen and oxygen atoms in total. The average molecular weight is 304 g/mol. The quantitative estimate of drug-likeness (QED) is 0.498. The molecule has 0 spiro atoms. The number of benzene rings is 1. The molecule has 2 N–H and O–H groups in total. The number of nitrogens with two attached hydrogens (primary N) is 1. The van der Waals surface area contributed by atoms with E-state index in [4.69, 9.17) is 28.9 Å². The van der Waals surface area contributed by atoms with Crippen LogP contribution in [0, 0.1) is 0 Å². The zero-order valence-corrected chi connectivity index (χ0v) is 12.2. The van der Waals surface area contributed by atoms with Crippen molar-refractivity contribution in [2.75, 3.05) is 18.1 Å². The Morgan fingerprint density at radius 1 is 1.39 bits per heavy atom. The molecule has 2 rings (SSSR count). The van der Waals surface area contributed by atoms with Crippen molar-refractivity contribution >= 4 is 40.7 Å². The SMILES string of the molecule is NCCSCC(=O)c1ccc(C2CC2(Cl)Cl)cc1. The Morgan fingerprint density at radius 2 is 2.00 bits per heavy atom. The molecule has 1 atom stereocenters. The number of rotatable bonds is 6. The van der Waals surface area contributed by atoms with Crippen LogP contribution in [0.5, 0.6) is 0 Å². The van der Waals surface area contributed by atoms with Gasteiger partial charge in [-0.1, -0.05) is 24.3 Å². The molecule has 0 amide bonds. The van der Waals surface area contributed by atoms with Crippen molar-refractivity contribution < 1.29 is 4.79 Å². The molecular weight excluding hydrogens is 289 g/mol. The van der Waals surface area contributed by atoms with Crippen molar-refractivity contribution in [3.63, 3.8) is 0 Å². The number of Topliss-reactive ketones (excluding diaryl/α,β-unsaturated/α-hetero) is 1. The number of halogens is 2. The third-order valence-electron chi connectivity index (χ3n) is 2.96. The molecule has 98 valence electrons. The molecule has 0 aliphatic heterocycles. The van der Waals surface area contributed by atoms with Crippen molar-refractivity contribution in [1.29, 1.82) is 0 Å². The maximum atomic E-state index is 11.8. The van der Waals surface area contributed by atoms with Gasteiger partial charge in [-0.3, -0.25) is 4.79 Å². The Kier molecular flexibility index (Phi) is 4.59. The van der Waals surface area contributed by atoms with Gasteiger partial charge in [0.2, 0.25) is 0 Å². The molecule has 1 aliphatic rings. The molecule has 0 radical (unpaired) electrons. The lowest BCUT2D eigenvalue weighted by molar-refractivity contribution is 0.102. The van der Waals surface area contributed by atoms with Crippen LogP contribution in [-0.2, 0) is 0 Å². The van der Waals surface area contributed by atoms with Crippen molar-refractivity contribution in [2.45, 2.75) is 16.7 Å². The molecule has 0 aromatic heterocycles. The summed E-state index contributed by atoms with van der Waals surface area (Å²) >= 11 is 13.6. The lowest BCUT2D eigenvalue weighted by Crippen LogP contribution is -2.07. The second kappa shape index (κ2) is 5.83. The Hall–Kier alpha value is -0.220. The number of hydrogen-bond acceptors (Lipinski definition) is 3. The minimum Gasteiger partial charge on any atom is -0.330 e. The summed E-state index contributed by atoms with van der Waals surface area (Å²) in [7, 11) is 0. The maximum Gasteiger partial charge on any atom is 0.172 e. The normalized spacial score (nSPS) is 20.7. The van der Waals surface area contributed by atoms with E-state index in [0.29, 0.717) is 12.3 Å². The summed E-state index contributed by atoms with van der Waals surface area (Å²) in [6.07, 6.45) is 0.787. The topological polar surface area (TPSA) is 43.1 Å². The molecule has 5 heteroatoms. The molecular formula is C13H15Cl2NOS. The van der Waals surface area contributed by atoms with Crippen LogP contribution in [0.25, 0.3) is 0 Å². The molecule has 0 heterocycles. The highest BCUT2D eigenvalue weighted by Crippen LogP contribution is 2.59. The van der Waals surface area contributed by atoms with Crippen LogP contribution >= 0.6 is 35.0 Å². The van der Waals surface area contributed by atoms with E-state index >= 15 is 0 Å². The maximum absolute atomic E-state index is 11.8. The van der Waals surface area contributed by atoms with Crippen LogP contribution in [0.15, 0.2) is 24.3 Å². The second-order valence-electron chi connectivity index (χ2n) is 4.40. The third kappa shape index (κ3) is 3.41. The summed E-state index contributed by atoms with van der Waals surface area (Å²) in [6, 6.07) is 7.59. The first-order valence-electron chi connectivity index (χ1n) is 5.83. The highest BCUT2D eigenvalue weighted by atomic mass is 35.5. The average Bonchev–Trinajstić information content (AvgIpc) is 2.99. The zero-order chi connectivity index (χ0) is 13.2. The highest BCUT2D eigenvalue weighted by Gasteiger charge is 2.52. The van der Waals surface area contributed by atoms with E-state index in [2.05, 4.69) is 0 Å². The molecule has 1 saturated carbocycles. The smallest absolute Gasteiger partial charge is 0.172 e. The molecule has 1 aromatic carbocycles. The van der Waals surface area contributed by atoms with Crippen LogP contribution in [0.3, 0.4) is 0 Å². The van der Waals surface area contributed by atoms with Crippen LogP contribution in [0.4, 0.5) is 0 Å². The predicted octanol–water partition coefficient (Wildman–Crippen LogP) is 3.22. The zero-order valence-electron chi connectivity index (χ0n) is 9.86. The lowest BCUT2D eigenvalue weighted by Gasteiger charge is -2.04. The summed E-state index contributed by atoms with van der Waals surface area (Å²) in [5.74, 6) is 1.64. The molecule has 0 saturated heterocycles. The van der Waals surface area contributed by atoms with Gasteiger partial charge >= 0.3 is 0 Å². The van der Waals surface area contributed by atoms with E-state index in [0.717, 1.165) is 23.3 Å². The van der Waals surface area contributed by atoms with Gasteiger partial charge in [-0.2, -0.15) is 11.8 Å². The van der Waals surface area contributed by atoms with Crippen LogP contribution < -0.4 is 5.73 Å². The van der Waals surface area contributed by atoms with Crippen molar-refractivity contribution in [3.8, 4) is 0 Å². The van der Waals surface area contributed by atoms with Gasteiger partial charge in [0.25, 0.3) is 0 Å². The lowest BCUT2D eigenvalue weighted by atomic mass is 10.1. The van der Waals surface area contributed by atoms with E-state index < -0.39 is 4.33 Å². The van der Waals surface area contributed by atoms with Crippen LogP contribution in [0.1, 0.15) is 28.3 Å². The van der Waals surface area contributed by atoms with E-state index in [-0.39, 0.29) is 11.7 Å². The molecule has 1 unspecified atom stereocenters. The first kappa shape index (κ1) is 14.2. The van der Waals surface area contributed by atoms with Gasteiger partial charge in [-0.15, -0.1) is 23.2 Å². The fraction of sp³-hybridized carbons (Fsp3) is 0.462. The predicted molar refractivity (Wildman–Crippen MR) is 78.9 cm³/mol. The summed E-state index contributed by atoms with van der Waals surface area (Å²) in [4.78, 5) is 11.8. The number of thioether (sulfide) groups is 1. The van der Waals surface area contributed by atoms with E-state index in [1.807, 2.05) is 24.3 Å². The summed E-state index contributed by atoms with van der Waals surface area (Å²) in [5.41, 5.74) is 7.22. The van der Waals surface area contributed by atoms with Gasteiger partial charge in [0.05, 0.1) is 5.75 Å². The standard InChI is InChI=1S/C13H15Cl2NOS/c14-13(15)7-11(13)9-1-3-10(4-2-9)12(17)8-18-6-5-16/h1-4,11H,5-8,16H2. The Labute approximate surface area is 121 Å². The van der Waals surface area contributed by atoms with E-state index in [9.17, 15) is 4.79 Å². The minimum atomic E-state index is -0.609. The summed E-state index contributed by atoms with van der Waals surface area (Å²) in [5, 5.41) is 0. The fourth-order valence-electron chi connectivity index (χ4n) is 1.81. The Bertz CT molecular complexity index is 433. The first-order valence-corrected chi connectivity index (χ1v) is 7.74. The minimum absolute atomic E-state index is 0.138. The Morgan fingerprint density at radius 3 is 2.50 bits per heavy atom. The van der Waals surface area contributed by atoms with Gasteiger partial charge in [-0.25, -0.2) is 0 Å². The molecule has 1 aliphatic carbocycles. The largest absolute Gasteiger partial charge is 0.330 e. The molecule has 18 heavy (non-hydrogen) atoms. The Balaban J connectivity index is 1.93. The van der Waals surface area contributed by atoms with Crippen LogP contribution in [-0.4, -0.2) is 28.2 Å². The van der Waals surface area contributed by atoms with Crippen molar-refractivity contribution in [3.05, 3.63) is 35.4 Å². The van der Waals surface area contributed by atoms with Gasteiger partial charge in [-0.05, 0) is 12.0 Å². The summed E-state index contributed by atoms with van der Waals surface area (Å²) in [6.45, 7) is 0.603. The van der Waals surface area contributed by atoms with Crippen molar-refractivity contribution in [1.82, 2.24) is 0 Å². The van der Waals surface area contributed by atoms with Crippen LogP contribution in [0.2, 0.25) is 0 Å². The molecule has 1 fully saturated rings. The number of carbonyl (C=O) groups is 1. The van der Waals surface area contributed by atoms with Gasteiger partial charge in [0.1, 0.15) is 4.33 Å². The third-order valence-corrected chi connectivity index (χ3v) is 4.78. The first-order chi connectivity index (χ1) is 8.54. The van der Waals surface area contributed by atoms with E-state index in [1.54, 1.807) is 11.8 Å².